The molecule has 1 aliphatic heterocycles. The van der Waals surface area contributed by atoms with Gasteiger partial charge in [-0.2, -0.15) is 0 Å². The third-order valence-corrected chi connectivity index (χ3v) is 4.78. The molecule has 1 fully saturated rings. The zero-order valence-electron chi connectivity index (χ0n) is 16.6. The predicted molar refractivity (Wildman–Crippen MR) is 124 cm³/mol. The number of aryl methyl sites for hydroxylation is 1. The van der Waals surface area contributed by atoms with Crippen molar-refractivity contribution in [3.05, 3.63) is 47.5 Å². The summed E-state index contributed by atoms with van der Waals surface area (Å²) in [5, 5.41) is 7.02. The van der Waals surface area contributed by atoms with Gasteiger partial charge < -0.3 is 10.6 Å². The molecule has 1 aromatic rings. The second-order valence-electron chi connectivity index (χ2n) is 7.07. The van der Waals surface area contributed by atoms with E-state index in [1.807, 2.05) is 7.05 Å². The number of hydrogen-bond donors (Lipinski definition) is 2. The molecule has 1 heterocycles. The van der Waals surface area contributed by atoms with Gasteiger partial charge in [0.25, 0.3) is 0 Å². The molecule has 146 valence electrons. The molecule has 0 aromatic heterocycles. The number of benzene rings is 1. The van der Waals surface area contributed by atoms with Gasteiger partial charge in [-0.25, -0.2) is 0 Å². The largest absolute Gasteiger partial charge is 0.356 e. The first-order chi connectivity index (χ1) is 12.1. The molecule has 1 saturated heterocycles. The third kappa shape index (κ3) is 8.08. The van der Waals surface area contributed by atoms with Crippen LogP contribution < -0.4 is 10.6 Å². The highest BCUT2D eigenvalue weighted by Gasteiger charge is 2.19. The molecule has 26 heavy (non-hydrogen) atoms. The molecule has 1 aromatic carbocycles. The van der Waals surface area contributed by atoms with Gasteiger partial charge in [0.15, 0.2) is 5.96 Å². The first-order valence-corrected chi connectivity index (χ1v) is 9.52. The summed E-state index contributed by atoms with van der Waals surface area (Å²) in [5.41, 5.74) is 4.01. The topological polar surface area (TPSA) is 39.7 Å². The molecule has 0 bridgehead atoms. The van der Waals surface area contributed by atoms with E-state index < -0.39 is 0 Å². The lowest BCUT2D eigenvalue weighted by Crippen LogP contribution is -2.49. The summed E-state index contributed by atoms with van der Waals surface area (Å²) in [5.74, 6) is 0.920. The van der Waals surface area contributed by atoms with Crippen molar-refractivity contribution in [1.82, 2.24) is 15.5 Å². The zero-order chi connectivity index (χ0) is 18.1. The van der Waals surface area contributed by atoms with E-state index in [0.717, 1.165) is 57.8 Å². The van der Waals surface area contributed by atoms with E-state index >= 15 is 0 Å². The maximum Gasteiger partial charge on any atom is 0.191 e. The van der Waals surface area contributed by atoms with E-state index in [4.69, 9.17) is 0 Å². The van der Waals surface area contributed by atoms with Crippen molar-refractivity contribution in [2.75, 3.05) is 33.2 Å². The Balaban J connectivity index is 0.00000338. The molecule has 0 unspecified atom stereocenters. The van der Waals surface area contributed by atoms with E-state index in [1.54, 1.807) is 0 Å². The number of rotatable bonds is 7. The van der Waals surface area contributed by atoms with E-state index in [-0.39, 0.29) is 24.0 Å². The van der Waals surface area contributed by atoms with Gasteiger partial charge in [-0.3, -0.25) is 9.89 Å². The Morgan fingerprint density at radius 1 is 1.19 bits per heavy atom. The fourth-order valence-electron chi connectivity index (χ4n) is 3.27. The summed E-state index contributed by atoms with van der Waals surface area (Å²) < 4.78 is 0. The number of likely N-dealkylation sites (tertiary alicyclic amines) is 1. The van der Waals surface area contributed by atoms with Crippen LogP contribution in [0, 0.1) is 0 Å². The second-order valence-corrected chi connectivity index (χ2v) is 7.07. The number of piperidine rings is 1. The Morgan fingerprint density at radius 3 is 2.35 bits per heavy atom. The minimum Gasteiger partial charge on any atom is -0.356 e. The summed E-state index contributed by atoms with van der Waals surface area (Å²) >= 11 is 0. The van der Waals surface area contributed by atoms with Crippen molar-refractivity contribution in [2.45, 2.75) is 45.6 Å². The van der Waals surface area contributed by atoms with Gasteiger partial charge in [0, 0.05) is 39.3 Å². The van der Waals surface area contributed by atoms with Crippen LogP contribution in [0.25, 0.3) is 0 Å². The van der Waals surface area contributed by atoms with Crippen LogP contribution in [0.4, 0.5) is 0 Å². The minimum atomic E-state index is 0. The Morgan fingerprint density at radius 2 is 1.81 bits per heavy atom. The van der Waals surface area contributed by atoms with Crippen LogP contribution in [0.1, 0.15) is 37.8 Å². The smallest absolute Gasteiger partial charge is 0.191 e. The van der Waals surface area contributed by atoms with Crippen LogP contribution in [0.5, 0.6) is 0 Å². The van der Waals surface area contributed by atoms with Crippen molar-refractivity contribution >= 4 is 29.9 Å². The number of nitrogens with one attached hydrogen (secondary N) is 2. The van der Waals surface area contributed by atoms with Gasteiger partial charge in [0.1, 0.15) is 0 Å². The Kier molecular flexibility index (Phi) is 10.9. The van der Waals surface area contributed by atoms with Crippen molar-refractivity contribution in [1.29, 1.82) is 0 Å². The fourth-order valence-corrected chi connectivity index (χ4v) is 3.27. The van der Waals surface area contributed by atoms with Crippen LogP contribution in [0.3, 0.4) is 0 Å². The average molecular weight is 470 g/mol. The van der Waals surface area contributed by atoms with Crippen LogP contribution in [0.15, 0.2) is 41.4 Å². The number of nitrogens with zero attached hydrogens (tertiary/aromatic N) is 2. The van der Waals surface area contributed by atoms with Gasteiger partial charge in [-0.05, 0) is 43.7 Å². The molecule has 0 radical (unpaired) electrons. The molecule has 0 atom stereocenters. The summed E-state index contributed by atoms with van der Waals surface area (Å²) in [7, 11) is 1.85. The van der Waals surface area contributed by atoms with Crippen LogP contribution in [0.2, 0.25) is 0 Å². The molecule has 2 rings (SSSR count). The molecule has 0 saturated carbocycles. The van der Waals surface area contributed by atoms with Crippen LogP contribution in [-0.2, 0) is 12.8 Å². The van der Waals surface area contributed by atoms with Crippen molar-refractivity contribution in [2.24, 2.45) is 4.99 Å². The number of guanidine groups is 1. The molecule has 5 heteroatoms. The van der Waals surface area contributed by atoms with Crippen molar-refractivity contribution in [3.8, 4) is 0 Å². The molecular weight excluding hydrogens is 435 g/mol. The Bertz CT molecular complexity index is 560. The molecular formula is C21H35IN4. The zero-order valence-corrected chi connectivity index (χ0v) is 18.9. The quantitative estimate of drug-likeness (QED) is 0.277. The molecule has 2 N–H and O–H groups in total. The first kappa shape index (κ1) is 23.0. The molecule has 1 aliphatic rings. The molecule has 0 spiro atoms. The Hall–Kier alpha value is -1.08. The number of hydrogen-bond acceptors (Lipinski definition) is 2. The lowest BCUT2D eigenvalue weighted by atomic mass is 10.0. The van der Waals surface area contributed by atoms with E-state index in [9.17, 15) is 0 Å². The monoisotopic (exact) mass is 470 g/mol. The molecule has 4 nitrogen and oxygen atoms in total. The summed E-state index contributed by atoms with van der Waals surface area (Å²) in [6.45, 7) is 12.5. The van der Waals surface area contributed by atoms with Crippen molar-refractivity contribution in [3.63, 3.8) is 0 Å². The second kappa shape index (κ2) is 12.3. The first-order valence-electron chi connectivity index (χ1n) is 9.52. The van der Waals surface area contributed by atoms with Crippen LogP contribution in [-0.4, -0.2) is 50.1 Å². The Labute approximate surface area is 176 Å². The third-order valence-electron chi connectivity index (χ3n) is 4.78. The lowest BCUT2D eigenvalue weighted by molar-refractivity contribution is 0.221. The lowest BCUT2D eigenvalue weighted by Gasteiger charge is -2.33. The van der Waals surface area contributed by atoms with E-state index in [0.29, 0.717) is 6.04 Å². The molecule has 0 amide bonds. The van der Waals surface area contributed by atoms with Gasteiger partial charge in [-0.1, -0.05) is 43.3 Å². The SMILES string of the molecule is C=C(C)CN1CCC(NC(=NC)NCCc2ccc(CC)cc2)CC1.I. The maximum atomic E-state index is 4.37. The number of halogens is 1. The van der Waals surface area contributed by atoms with Crippen LogP contribution >= 0.6 is 24.0 Å². The average Bonchev–Trinajstić information content (AvgIpc) is 2.62. The normalized spacial score (nSPS) is 16.0. The highest BCUT2D eigenvalue weighted by Crippen LogP contribution is 2.11. The van der Waals surface area contributed by atoms with E-state index in [1.165, 1.54) is 16.7 Å². The standard InChI is InChI=1S/C21H34N4.HI/c1-5-18-6-8-19(9-7-18)10-13-23-21(22-4)24-20-11-14-25(15-12-20)16-17(2)3;/h6-9,20H,2,5,10-16H2,1,3-4H3,(H2,22,23,24);1H. The predicted octanol–water partition coefficient (Wildman–Crippen LogP) is 3.62. The van der Waals surface area contributed by atoms with Gasteiger partial charge in [-0.15, -0.1) is 24.0 Å². The number of aliphatic imine (C=N–C) groups is 1. The fraction of sp³-hybridized carbons (Fsp3) is 0.571. The summed E-state index contributed by atoms with van der Waals surface area (Å²) in [6, 6.07) is 9.42. The van der Waals surface area contributed by atoms with Gasteiger partial charge in [0.05, 0.1) is 0 Å². The van der Waals surface area contributed by atoms with Gasteiger partial charge in [0.2, 0.25) is 0 Å². The minimum absolute atomic E-state index is 0. The van der Waals surface area contributed by atoms with E-state index in [2.05, 4.69) is 65.2 Å². The highest BCUT2D eigenvalue weighted by molar-refractivity contribution is 14.0. The summed E-state index contributed by atoms with van der Waals surface area (Å²) in [4.78, 5) is 6.86. The highest BCUT2D eigenvalue weighted by atomic mass is 127. The molecule has 0 aliphatic carbocycles. The van der Waals surface area contributed by atoms with Crippen molar-refractivity contribution < 1.29 is 0 Å². The maximum absolute atomic E-state index is 4.37. The van der Waals surface area contributed by atoms with Gasteiger partial charge >= 0.3 is 0 Å². The summed E-state index contributed by atoms with van der Waals surface area (Å²) in [6.07, 6.45) is 4.43.